The second-order valence-corrected chi connectivity index (χ2v) is 14.3. The van der Waals surface area contributed by atoms with Crippen molar-refractivity contribution < 1.29 is 4.79 Å². The summed E-state index contributed by atoms with van der Waals surface area (Å²) < 4.78 is 1.01. The fraction of sp³-hybridized carbons (Fsp3) is 0.667. The first-order chi connectivity index (χ1) is 6.74. The predicted molar refractivity (Wildman–Crippen MR) is 58.6 cm³/mol. The fourth-order valence-corrected chi connectivity index (χ4v) is 9.20. The summed E-state index contributed by atoms with van der Waals surface area (Å²) in [5, 5.41) is 14.1. The molecule has 1 N–H and O–H groups in total. The van der Waals surface area contributed by atoms with E-state index in [0.29, 0.717) is 5.69 Å². The molecule has 14 heavy (non-hydrogen) atoms. The minimum absolute atomic E-state index is 0.538. The summed E-state index contributed by atoms with van der Waals surface area (Å²) in [5.74, 6) is 0. The first-order valence-electron chi connectivity index (χ1n) is 5.10. The van der Waals surface area contributed by atoms with Crippen molar-refractivity contribution in [1.29, 1.82) is 0 Å². The van der Waals surface area contributed by atoms with Crippen LogP contribution in [-0.4, -0.2) is 35.0 Å². The molecule has 4 nitrogen and oxygen atoms in total. The standard InChI is InChI=1S/C9H17GeN3O/c1-4-10(5-2,6-3)9-8(7-14)11-13-12-9/h7H,4-6H2,1-3H3,(H,11,12,13). The topological polar surface area (TPSA) is 58.6 Å². The summed E-state index contributed by atoms with van der Waals surface area (Å²) in [6, 6.07) is 0. The van der Waals surface area contributed by atoms with Gasteiger partial charge < -0.3 is 0 Å². The molecule has 5 heteroatoms. The maximum absolute atomic E-state index is 10.8. The number of carbonyl (C=O) groups is 1. The minimum atomic E-state index is -2.08. The van der Waals surface area contributed by atoms with E-state index in [-0.39, 0.29) is 0 Å². The van der Waals surface area contributed by atoms with Crippen molar-refractivity contribution in [2.45, 2.75) is 36.5 Å². The summed E-state index contributed by atoms with van der Waals surface area (Å²) in [6.07, 6.45) is 0.819. The average Bonchev–Trinajstić information content (AvgIpc) is 2.70. The average molecular weight is 256 g/mol. The van der Waals surface area contributed by atoms with Gasteiger partial charge in [0.25, 0.3) is 0 Å². The summed E-state index contributed by atoms with van der Waals surface area (Å²) >= 11 is -2.08. The third-order valence-electron chi connectivity index (χ3n) is 3.22. The number of nitrogens with zero attached hydrogens (tertiary/aromatic N) is 2. The van der Waals surface area contributed by atoms with Gasteiger partial charge in [0.15, 0.2) is 0 Å². The Hall–Kier alpha value is -0.647. The van der Waals surface area contributed by atoms with E-state index < -0.39 is 13.3 Å². The molecule has 1 rings (SSSR count). The Labute approximate surface area is 86.8 Å². The molecule has 0 fully saturated rings. The van der Waals surface area contributed by atoms with Crippen LogP contribution in [0.3, 0.4) is 0 Å². The van der Waals surface area contributed by atoms with Gasteiger partial charge in [-0.25, -0.2) is 0 Å². The number of aromatic amines is 1. The summed E-state index contributed by atoms with van der Waals surface area (Å²) in [4.78, 5) is 10.8. The van der Waals surface area contributed by atoms with Crippen LogP contribution in [0.5, 0.6) is 0 Å². The van der Waals surface area contributed by atoms with Crippen molar-refractivity contribution in [3.05, 3.63) is 5.69 Å². The molecule has 0 radical (unpaired) electrons. The third-order valence-corrected chi connectivity index (χ3v) is 14.6. The van der Waals surface area contributed by atoms with E-state index in [1.807, 2.05) is 0 Å². The van der Waals surface area contributed by atoms with Crippen LogP contribution < -0.4 is 4.53 Å². The molecule has 0 aliphatic heterocycles. The molecule has 0 saturated heterocycles. The van der Waals surface area contributed by atoms with Gasteiger partial charge in [0.05, 0.1) is 0 Å². The Morgan fingerprint density at radius 3 is 2.21 bits per heavy atom. The molecule has 0 unspecified atom stereocenters. The zero-order chi connectivity index (χ0) is 10.6. The Kier molecular flexibility index (Phi) is 3.86. The quantitative estimate of drug-likeness (QED) is 0.638. The van der Waals surface area contributed by atoms with Gasteiger partial charge in [0.1, 0.15) is 0 Å². The van der Waals surface area contributed by atoms with Gasteiger partial charge in [-0.15, -0.1) is 0 Å². The van der Waals surface area contributed by atoms with Crippen molar-refractivity contribution in [1.82, 2.24) is 15.4 Å². The number of H-pyrrole nitrogens is 1. The Balaban J connectivity index is 3.16. The molecule has 0 amide bonds. The number of nitrogens with one attached hydrogen (secondary N) is 1. The van der Waals surface area contributed by atoms with Crippen LogP contribution in [-0.2, 0) is 0 Å². The van der Waals surface area contributed by atoms with Crippen LogP contribution in [0.25, 0.3) is 0 Å². The maximum atomic E-state index is 10.8. The predicted octanol–water partition coefficient (Wildman–Crippen LogP) is 1.33. The van der Waals surface area contributed by atoms with Crippen LogP contribution in [0.4, 0.5) is 0 Å². The number of aromatic nitrogens is 3. The number of aldehydes is 1. The molecule has 78 valence electrons. The molecule has 0 aliphatic carbocycles. The molecule has 1 aromatic heterocycles. The number of hydrogen-bond donors (Lipinski definition) is 1. The van der Waals surface area contributed by atoms with Crippen LogP contribution in [0.1, 0.15) is 31.3 Å². The summed E-state index contributed by atoms with van der Waals surface area (Å²) in [7, 11) is 0. The van der Waals surface area contributed by atoms with Gasteiger partial charge in [-0.1, -0.05) is 0 Å². The second-order valence-electron chi connectivity index (χ2n) is 3.52. The van der Waals surface area contributed by atoms with E-state index in [9.17, 15) is 4.79 Å². The van der Waals surface area contributed by atoms with Crippen LogP contribution in [0, 0.1) is 0 Å². The normalized spacial score (nSPS) is 11.6. The Morgan fingerprint density at radius 2 is 1.79 bits per heavy atom. The molecule has 0 bridgehead atoms. The summed E-state index contributed by atoms with van der Waals surface area (Å²) in [5.41, 5.74) is 0.538. The van der Waals surface area contributed by atoms with E-state index in [1.54, 1.807) is 0 Å². The fourth-order valence-electron chi connectivity index (χ4n) is 1.96. The van der Waals surface area contributed by atoms with Crippen LogP contribution >= 0.6 is 0 Å². The van der Waals surface area contributed by atoms with Crippen molar-refractivity contribution in [2.75, 3.05) is 0 Å². The third kappa shape index (κ3) is 1.75. The molecule has 1 heterocycles. The van der Waals surface area contributed by atoms with E-state index in [1.165, 1.54) is 15.8 Å². The van der Waals surface area contributed by atoms with Gasteiger partial charge in [0, 0.05) is 0 Å². The molecular weight excluding hydrogens is 239 g/mol. The molecule has 0 atom stereocenters. The molecule has 0 saturated carbocycles. The zero-order valence-corrected chi connectivity index (χ0v) is 11.1. The Morgan fingerprint density at radius 1 is 1.21 bits per heavy atom. The van der Waals surface area contributed by atoms with E-state index in [4.69, 9.17) is 0 Å². The van der Waals surface area contributed by atoms with E-state index in [0.717, 1.165) is 10.8 Å². The number of rotatable bonds is 5. The molecule has 0 aromatic carbocycles. The number of hydrogen-bond acceptors (Lipinski definition) is 3. The van der Waals surface area contributed by atoms with Gasteiger partial charge in [0.2, 0.25) is 0 Å². The van der Waals surface area contributed by atoms with Crippen molar-refractivity contribution >= 4 is 24.1 Å². The molecule has 1 aromatic rings. The van der Waals surface area contributed by atoms with E-state index in [2.05, 4.69) is 36.2 Å². The second kappa shape index (κ2) is 4.73. The number of carbonyl (C=O) groups excluding carboxylic acids is 1. The van der Waals surface area contributed by atoms with Gasteiger partial charge in [-0.05, 0) is 0 Å². The van der Waals surface area contributed by atoms with Gasteiger partial charge in [-0.3, -0.25) is 0 Å². The van der Waals surface area contributed by atoms with Crippen molar-refractivity contribution in [3.63, 3.8) is 0 Å². The Bertz CT molecular complexity index is 298. The first kappa shape index (κ1) is 11.4. The van der Waals surface area contributed by atoms with Crippen molar-refractivity contribution in [2.24, 2.45) is 0 Å². The molecule has 0 aliphatic rings. The van der Waals surface area contributed by atoms with Gasteiger partial charge in [-0.2, -0.15) is 0 Å². The molecule has 0 spiro atoms. The molecular formula is C9H17GeN3O. The van der Waals surface area contributed by atoms with Crippen LogP contribution in [0.2, 0.25) is 15.8 Å². The first-order valence-corrected chi connectivity index (χ1v) is 10.6. The SMILES string of the molecule is C[CH2][Ge]([CH2]C)([CH2]C)[c]1n[nH]nc1C=O. The van der Waals surface area contributed by atoms with Crippen LogP contribution in [0.15, 0.2) is 0 Å². The summed E-state index contributed by atoms with van der Waals surface area (Å²) in [6.45, 7) is 6.61. The van der Waals surface area contributed by atoms with Crippen molar-refractivity contribution in [3.8, 4) is 0 Å². The van der Waals surface area contributed by atoms with Gasteiger partial charge >= 0.3 is 86.5 Å². The monoisotopic (exact) mass is 257 g/mol. The zero-order valence-electron chi connectivity index (χ0n) is 9.00. The van der Waals surface area contributed by atoms with E-state index >= 15 is 0 Å².